The Morgan fingerprint density at radius 1 is 1.14 bits per heavy atom. The number of hydrogen-bond donors (Lipinski definition) is 1. The van der Waals surface area contributed by atoms with E-state index < -0.39 is 5.97 Å². The van der Waals surface area contributed by atoms with Crippen molar-refractivity contribution in [1.82, 2.24) is 14.0 Å². The van der Waals surface area contributed by atoms with Gasteiger partial charge in [0.1, 0.15) is 16.7 Å². The summed E-state index contributed by atoms with van der Waals surface area (Å²) in [4.78, 5) is 30.4. The highest BCUT2D eigenvalue weighted by molar-refractivity contribution is 5.93. The van der Waals surface area contributed by atoms with Crippen molar-refractivity contribution in [3.05, 3.63) is 81.2 Å². The summed E-state index contributed by atoms with van der Waals surface area (Å²) in [5.74, 6) is -0.644. The fourth-order valence-electron chi connectivity index (χ4n) is 3.35. The number of fused-ring (bicyclic) bond motifs is 2. The number of carbonyl (C=O) groups excluding carboxylic acids is 1. The lowest BCUT2D eigenvalue weighted by Crippen LogP contribution is -2.30. The fraction of sp³-hybridized carbons (Fsp3) is 0.182. The summed E-state index contributed by atoms with van der Waals surface area (Å²) >= 11 is 0. The Morgan fingerprint density at radius 3 is 2.55 bits per heavy atom. The van der Waals surface area contributed by atoms with E-state index in [1.807, 2.05) is 44.2 Å². The molecule has 7 heteroatoms. The molecule has 1 aromatic carbocycles. The van der Waals surface area contributed by atoms with Gasteiger partial charge < -0.3 is 4.74 Å². The molecule has 3 heterocycles. The van der Waals surface area contributed by atoms with Gasteiger partial charge in [-0.05, 0) is 50.6 Å². The van der Waals surface area contributed by atoms with E-state index in [-0.39, 0.29) is 28.6 Å². The topological polar surface area (TPSA) is 89.4 Å². The van der Waals surface area contributed by atoms with Crippen LogP contribution in [0, 0.1) is 19.3 Å². The highest BCUT2D eigenvalue weighted by Gasteiger charge is 2.19. The predicted octanol–water partition coefficient (Wildman–Crippen LogP) is 2.91. The van der Waals surface area contributed by atoms with Crippen LogP contribution in [0.1, 0.15) is 28.4 Å². The molecule has 0 bridgehead atoms. The molecule has 0 aliphatic carbocycles. The lowest BCUT2D eigenvalue weighted by Gasteiger charge is -2.15. The molecule has 0 spiro atoms. The van der Waals surface area contributed by atoms with Crippen LogP contribution in [0.3, 0.4) is 0 Å². The molecule has 0 saturated carbocycles. The molecule has 29 heavy (non-hydrogen) atoms. The maximum Gasteiger partial charge on any atom is 0.341 e. The van der Waals surface area contributed by atoms with Crippen LogP contribution in [-0.4, -0.2) is 26.5 Å². The molecule has 1 N–H and O–H groups in total. The van der Waals surface area contributed by atoms with Crippen LogP contribution in [-0.2, 0) is 4.74 Å². The molecule has 0 aliphatic heterocycles. The van der Waals surface area contributed by atoms with Gasteiger partial charge in [-0.25, -0.2) is 9.78 Å². The van der Waals surface area contributed by atoms with Crippen molar-refractivity contribution in [3.63, 3.8) is 0 Å². The average Bonchev–Trinajstić information content (AvgIpc) is 2.70. The standard InChI is InChI=1S/C22H20N4O3/c1-4-29-22(28)16-12-17-20(24-19-14(3)6-5-11-25(19)21(17)27)26(18(16)23)15-9-7-13(2)8-10-15/h5-12,23H,4H2,1-3H3. The van der Waals surface area contributed by atoms with Crippen molar-refractivity contribution < 1.29 is 9.53 Å². The van der Waals surface area contributed by atoms with Crippen molar-refractivity contribution in [2.75, 3.05) is 6.61 Å². The molecule has 4 rings (SSSR count). The number of ether oxygens (including phenoxy) is 1. The molecule has 7 nitrogen and oxygen atoms in total. The second kappa shape index (κ2) is 7.01. The van der Waals surface area contributed by atoms with Crippen LogP contribution >= 0.6 is 0 Å². The van der Waals surface area contributed by atoms with Gasteiger partial charge >= 0.3 is 5.97 Å². The number of carbonyl (C=O) groups is 1. The summed E-state index contributed by atoms with van der Waals surface area (Å²) in [7, 11) is 0. The molecule has 146 valence electrons. The van der Waals surface area contributed by atoms with Gasteiger partial charge in [-0.1, -0.05) is 23.8 Å². The first kappa shape index (κ1) is 18.6. The Balaban J connectivity index is 2.21. The van der Waals surface area contributed by atoms with E-state index in [9.17, 15) is 9.59 Å². The number of nitrogens with zero attached hydrogens (tertiary/aromatic N) is 3. The summed E-state index contributed by atoms with van der Waals surface area (Å²) in [6, 6.07) is 12.5. The smallest absolute Gasteiger partial charge is 0.341 e. The second-order valence-corrected chi connectivity index (χ2v) is 6.84. The molecule has 0 fully saturated rings. The lowest BCUT2D eigenvalue weighted by atomic mass is 10.1. The van der Waals surface area contributed by atoms with Gasteiger partial charge in [0.2, 0.25) is 0 Å². The van der Waals surface area contributed by atoms with E-state index >= 15 is 0 Å². The van der Waals surface area contributed by atoms with Gasteiger partial charge in [0.25, 0.3) is 5.56 Å². The zero-order valence-electron chi connectivity index (χ0n) is 16.4. The van der Waals surface area contributed by atoms with E-state index in [0.29, 0.717) is 17.0 Å². The summed E-state index contributed by atoms with van der Waals surface area (Å²) in [6.07, 6.45) is 1.64. The quantitative estimate of drug-likeness (QED) is 0.432. The molecule has 0 radical (unpaired) electrons. The maximum atomic E-state index is 13.2. The Bertz CT molecular complexity index is 1380. The first-order valence-corrected chi connectivity index (χ1v) is 9.29. The number of rotatable bonds is 3. The van der Waals surface area contributed by atoms with Gasteiger partial charge in [0, 0.05) is 11.9 Å². The number of pyridine rings is 2. The second-order valence-electron chi connectivity index (χ2n) is 6.84. The number of aryl methyl sites for hydroxylation is 2. The van der Waals surface area contributed by atoms with Gasteiger partial charge in [0.15, 0.2) is 5.65 Å². The minimum atomic E-state index is -0.644. The largest absolute Gasteiger partial charge is 0.462 e. The molecule has 0 unspecified atom stereocenters. The molecule has 0 amide bonds. The van der Waals surface area contributed by atoms with Crippen molar-refractivity contribution in [3.8, 4) is 5.69 Å². The van der Waals surface area contributed by atoms with Crippen LogP contribution in [0.15, 0.2) is 53.5 Å². The van der Waals surface area contributed by atoms with Crippen LogP contribution in [0.4, 0.5) is 0 Å². The maximum absolute atomic E-state index is 13.2. The summed E-state index contributed by atoms with van der Waals surface area (Å²) in [5.41, 5.74) is 3.00. The molecule has 3 aromatic heterocycles. The van der Waals surface area contributed by atoms with Gasteiger partial charge in [-0.3, -0.25) is 19.2 Å². The number of aromatic nitrogens is 3. The third-order valence-electron chi connectivity index (χ3n) is 4.83. The highest BCUT2D eigenvalue weighted by Crippen LogP contribution is 2.17. The fourth-order valence-corrected chi connectivity index (χ4v) is 3.35. The zero-order valence-corrected chi connectivity index (χ0v) is 16.4. The first-order chi connectivity index (χ1) is 13.9. The minimum absolute atomic E-state index is 0.0198. The molecular weight excluding hydrogens is 368 g/mol. The summed E-state index contributed by atoms with van der Waals surface area (Å²) in [5, 5.41) is 8.92. The van der Waals surface area contributed by atoms with Crippen LogP contribution in [0.25, 0.3) is 22.4 Å². The van der Waals surface area contributed by atoms with Crippen LogP contribution in [0.2, 0.25) is 0 Å². The predicted molar refractivity (Wildman–Crippen MR) is 110 cm³/mol. The first-order valence-electron chi connectivity index (χ1n) is 9.29. The van der Waals surface area contributed by atoms with Gasteiger partial charge in [0.05, 0.1) is 12.0 Å². The van der Waals surface area contributed by atoms with E-state index in [0.717, 1.165) is 11.1 Å². The molecular formula is C22H20N4O3. The Kier molecular flexibility index (Phi) is 4.50. The Morgan fingerprint density at radius 2 is 1.86 bits per heavy atom. The highest BCUT2D eigenvalue weighted by atomic mass is 16.5. The number of benzene rings is 1. The molecule has 0 saturated heterocycles. The molecule has 4 aromatic rings. The third-order valence-corrected chi connectivity index (χ3v) is 4.83. The monoisotopic (exact) mass is 388 g/mol. The summed E-state index contributed by atoms with van der Waals surface area (Å²) in [6.45, 7) is 5.71. The van der Waals surface area contributed by atoms with E-state index in [4.69, 9.17) is 15.1 Å². The Labute approximate surface area is 166 Å². The average molecular weight is 388 g/mol. The van der Waals surface area contributed by atoms with Gasteiger partial charge in [-0.2, -0.15) is 0 Å². The van der Waals surface area contributed by atoms with Crippen molar-refractivity contribution in [2.24, 2.45) is 0 Å². The Hall–Kier alpha value is -3.74. The van der Waals surface area contributed by atoms with Crippen molar-refractivity contribution in [2.45, 2.75) is 20.8 Å². The SMILES string of the molecule is CCOC(=O)c1cc2c(=O)n3cccc(C)c3nc2n(-c2ccc(C)cc2)c1=N. The molecule has 0 atom stereocenters. The van der Waals surface area contributed by atoms with Gasteiger partial charge in [-0.15, -0.1) is 0 Å². The van der Waals surface area contributed by atoms with Crippen molar-refractivity contribution >= 4 is 22.6 Å². The minimum Gasteiger partial charge on any atom is -0.462 e. The normalized spacial score (nSPS) is 11.1. The van der Waals surface area contributed by atoms with Crippen LogP contribution < -0.4 is 11.0 Å². The number of hydrogen-bond acceptors (Lipinski definition) is 5. The zero-order chi connectivity index (χ0) is 20.7. The number of esters is 1. The van der Waals surface area contributed by atoms with Crippen LogP contribution in [0.5, 0.6) is 0 Å². The van der Waals surface area contributed by atoms with E-state index in [1.54, 1.807) is 19.2 Å². The number of nitrogens with one attached hydrogen (secondary N) is 1. The molecule has 0 aliphatic rings. The summed E-state index contributed by atoms with van der Waals surface area (Å²) < 4.78 is 8.09. The van der Waals surface area contributed by atoms with Crippen molar-refractivity contribution in [1.29, 1.82) is 5.41 Å². The van der Waals surface area contributed by atoms with E-state index in [2.05, 4.69) is 0 Å². The van der Waals surface area contributed by atoms with E-state index in [1.165, 1.54) is 15.0 Å². The third kappa shape index (κ3) is 3.00. The lowest BCUT2D eigenvalue weighted by molar-refractivity contribution is 0.0523.